The maximum absolute atomic E-state index is 6.04. The van der Waals surface area contributed by atoms with E-state index in [0.29, 0.717) is 5.69 Å². The number of ether oxygens (including phenoxy) is 1. The van der Waals surface area contributed by atoms with Gasteiger partial charge in [0, 0.05) is 6.54 Å². The van der Waals surface area contributed by atoms with Gasteiger partial charge in [0.1, 0.15) is 5.75 Å². The fraction of sp³-hybridized carbons (Fsp3) is 0.600. The Bertz CT molecular complexity index is 384. The van der Waals surface area contributed by atoms with E-state index < -0.39 is 0 Å². The molecule has 0 aromatic heterocycles. The van der Waals surface area contributed by atoms with Crippen molar-refractivity contribution >= 4 is 11.4 Å². The Morgan fingerprint density at radius 3 is 2.67 bits per heavy atom. The first-order valence-corrected chi connectivity index (χ1v) is 6.87. The molecule has 1 fully saturated rings. The van der Waals surface area contributed by atoms with E-state index in [9.17, 15) is 0 Å². The molecule has 0 saturated heterocycles. The van der Waals surface area contributed by atoms with Crippen LogP contribution in [0, 0.1) is 11.8 Å². The van der Waals surface area contributed by atoms with Gasteiger partial charge in [-0.05, 0) is 36.8 Å². The molecule has 1 aliphatic carbocycles. The Balaban J connectivity index is 1.90. The lowest BCUT2D eigenvalue weighted by atomic mass is 9.83. The minimum Gasteiger partial charge on any atom is -0.495 e. The third-order valence-electron chi connectivity index (χ3n) is 4.00. The first kappa shape index (κ1) is 13.1. The van der Waals surface area contributed by atoms with Crippen LogP contribution in [0.25, 0.3) is 0 Å². The van der Waals surface area contributed by atoms with E-state index >= 15 is 0 Å². The topological polar surface area (TPSA) is 47.3 Å². The summed E-state index contributed by atoms with van der Waals surface area (Å²) in [5.74, 6) is 2.44. The zero-order valence-electron chi connectivity index (χ0n) is 11.4. The van der Waals surface area contributed by atoms with Crippen LogP contribution in [0.3, 0.4) is 0 Å². The second-order valence-corrected chi connectivity index (χ2v) is 5.43. The molecule has 0 bridgehead atoms. The number of nitrogens with one attached hydrogen (secondary N) is 1. The van der Waals surface area contributed by atoms with Crippen molar-refractivity contribution in [3.8, 4) is 5.75 Å². The molecule has 18 heavy (non-hydrogen) atoms. The number of para-hydroxylation sites is 1. The monoisotopic (exact) mass is 248 g/mol. The van der Waals surface area contributed by atoms with Crippen LogP contribution in [0.1, 0.15) is 32.6 Å². The zero-order chi connectivity index (χ0) is 13.0. The predicted octanol–water partition coefficient (Wildman–Crippen LogP) is 3.52. The van der Waals surface area contributed by atoms with Crippen LogP contribution in [0.2, 0.25) is 0 Å². The fourth-order valence-corrected chi connectivity index (χ4v) is 2.66. The summed E-state index contributed by atoms with van der Waals surface area (Å²) in [4.78, 5) is 0. The van der Waals surface area contributed by atoms with Crippen molar-refractivity contribution in [2.45, 2.75) is 32.6 Å². The standard InChI is InChI=1S/C15H24N2O/c1-11-6-8-12(9-7-11)10-17-13-4-3-5-14(18-2)15(13)16/h3-5,11-12,17H,6-10,16H2,1-2H3. The van der Waals surface area contributed by atoms with E-state index in [0.717, 1.165) is 29.8 Å². The minimum atomic E-state index is 0.712. The highest BCUT2D eigenvalue weighted by Gasteiger charge is 2.18. The summed E-state index contributed by atoms with van der Waals surface area (Å²) < 4.78 is 5.23. The Morgan fingerprint density at radius 1 is 1.28 bits per heavy atom. The van der Waals surface area contributed by atoms with Gasteiger partial charge in [0.15, 0.2) is 0 Å². The maximum atomic E-state index is 6.04. The molecule has 3 N–H and O–H groups in total. The molecule has 0 unspecified atom stereocenters. The fourth-order valence-electron chi connectivity index (χ4n) is 2.66. The molecule has 0 spiro atoms. The normalized spacial score (nSPS) is 23.7. The zero-order valence-corrected chi connectivity index (χ0v) is 11.4. The Morgan fingerprint density at radius 2 is 2.00 bits per heavy atom. The molecule has 100 valence electrons. The number of hydrogen-bond donors (Lipinski definition) is 2. The van der Waals surface area contributed by atoms with Gasteiger partial charge in [-0.15, -0.1) is 0 Å². The number of benzene rings is 1. The SMILES string of the molecule is COc1cccc(NCC2CCC(C)CC2)c1N. The van der Waals surface area contributed by atoms with Crippen molar-refractivity contribution in [1.82, 2.24) is 0 Å². The van der Waals surface area contributed by atoms with E-state index in [-0.39, 0.29) is 0 Å². The summed E-state index contributed by atoms with van der Waals surface area (Å²) in [6, 6.07) is 5.88. The molecule has 0 amide bonds. The van der Waals surface area contributed by atoms with Crippen LogP contribution in [-0.2, 0) is 0 Å². The van der Waals surface area contributed by atoms with Gasteiger partial charge in [0.05, 0.1) is 18.5 Å². The Kier molecular flexibility index (Phi) is 4.34. The van der Waals surface area contributed by atoms with Crippen molar-refractivity contribution in [2.75, 3.05) is 24.7 Å². The Hall–Kier alpha value is -1.38. The molecule has 0 aliphatic heterocycles. The van der Waals surface area contributed by atoms with Gasteiger partial charge in [-0.2, -0.15) is 0 Å². The van der Waals surface area contributed by atoms with Crippen LogP contribution in [0.5, 0.6) is 5.75 Å². The van der Waals surface area contributed by atoms with E-state index in [1.807, 2.05) is 18.2 Å². The molecule has 0 radical (unpaired) electrons. The molecule has 1 aliphatic rings. The number of nitrogen functional groups attached to an aromatic ring is 1. The minimum absolute atomic E-state index is 0.712. The van der Waals surface area contributed by atoms with Gasteiger partial charge in [0.2, 0.25) is 0 Å². The molecule has 3 nitrogen and oxygen atoms in total. The largest absolute Gasteiger partial charge is 0.495 e. The van der Waals surface area contributed by atoms with E-state index in [1.54, 1.807) is 7.11 Å². The van der Waals surface area contributed by atoms with E-state index in [1.165, 1.54) is 25.7 Å². The van der Waals surface area contributed by atoms with Gasteiger partial charge in [-0.25, -0.2) is 0 Å². The lowest BCUT2D eigenvalue weighted by Crippen LogP contribution is -2.20. The molecule has 1 aromatic carbocycles. The number of methoxy groups -OCH3 is 1. The van der Waals surface area contributed by atoms with Crippen molar-refractivity contribution in [1.29, 1.82) is 0 Å². The molecular formula is C15H24N2O. The van der Waals surface area contributed by atoms with Gasteiger partial charge in [-0.1, -0.05) is 25.8 Å². The molecular weight excluding hydrogens is 224 g/mol. The third kappa shape index (κ3) is 3.09. The van der Waals surface area contributed by atoms with Crippen LogP contribution in [0.15, 0.2) is 18.2 Å². The number of nitrogens with two attached hydrogens (primary N) is 1. The van der Waals surface area contributed by atoms with Crippen molar-refractivity contribution < 1.29 is 4.74 Å². The summed E-state index contributed by atoms with van der Waals surface area (Å²) in [5.41, 5.74) is 7.75. The highest BCUT2D eigenvalue weighted by Crippen LogP contribution is 2.31. The summed E-state index contributed by atoms with van der Waals surface area (Å²) >= 11 is 0. The van der Waals surface area contributed by atoms with Crippen molar-refractivity contribution in [3.63, 3.8) is 0 Å². The lowest BCUT2D eigenvalue weighted by Gasteiger charge is -2.26. The highest BCUT2D eigenvalue weighted by molar-refractivity contribution is 5.72. The summed E-state index contributed by atoms with van der Waals surface area (Å²) in [6.07, 6.45) is 5.38. The second kappa shape index (κ2) is 5.98. The van der Waals surface area contributed by atoms with Gasteiger partial charge in [0.25, 0.3) is 0 Å². The smallest absolute Gasteiger partial charge is 0.143 e. The Labute approximate surface area is 110 Å². The number of hydrogen-bond acceptors (Lipinski definition) is 3. The summed E-state index contributed by atoms with van der Waals surface area (Å²) in [6.45, 7) is 3.37. The lowest BCUT2D eigenvalue weighted by molar-refractivity contribution is 0.300. The predicted molar refractivity (Wildman–Crippen MR) is 77.0 cm³/mol. The van der Waals surface area contributed by atoms with E-state index in [4.69, 9.17) is 10.5 Å². The molecule has 0 atom stereocenters. The van der Waals surface area contributed by atoms with Gasteiger partial charge >= 0.3 is 0 Å². The number of anilines is 2. The first-order valence-electron chi connectivity index (χ1n) is 6.87. The molecule has 2 rings (SSSR count). The van der Waals surface area contributed by atoms with E-state index in [2.05, 4.69) is 12.2 Å². The third-order valence-corrected chi connectivity index (χ3v) is 4.00. The molecule has 0 heterocycles. The van der Waals surface area contributed by atoms with Crippen LogP contribution in [-0.4, -0.2) is 13.7 Å². The van der Waals surface area contributed by atoms with Crippen LogP contribution in [0.4, 0.5) is 11.4 Å². The summed E-state index contributed by atoms with van der Waals surface area (Å²) in [7, 11) is 1.65. The van der Waals surface area contributed by atoms with Crippen LogP contribution < -0.4 is 15.8 Å². The second-order valence-electron chi connectivity index (χ2n) is 5.43. The van der Waals surface area contributed by atoms with Gasteiger partial charge < -0.3 is 15.8 Å². The highest BCUT2D eigenvalue weighted by atomic mass is 16.5. The average Bonchev–Trinajstić information content (AvgIpc) is 2.39. The number of rotatable bonds is 4. The quantitative estimate of drug-likeness (QED) is 0.801. The molecule has 1 saturated carbocycles. The van der Waals surface area contributed by atoms with Crippen molar-refractivity contribution in [3.05, 3.63) is 18.2 Å². The van der Waals surface area contributed by atoms with Gasteiger partial charge in [-0.3, -0.25) is 0 Å². The van der Waals surface area contributed by atoms with Crippen molar-refractivity contribution in [2.24, 2.45) is 11.8 Å². The van der Waals surface area contributed by atoms with Crippen LogP contribution >= 0.6 is 0 Å². The first-order chi connectivity index (χ1) is 8.70. The molecule has 3 heteroatoms. The maximum Gasteiger partial charge on any atom is 0.143 e. The summed E-state index contributed by atoms with van der Waals surface area (Å²) in [5, 5.41) is 3.47. The molecule has 1 aromatic rings. The average molecular weight is 248 g/mol.